The van der Waals surface area contributed by atoms with Gasteiger partial charge in [-0.3, -0.25) is 0 Å². The zero-order valence-electron chi connectivity index (χ0n) is 18.0. The highest BCUT2D eigenvalue weighted by Crippen LogP contribution is 2.42. The predicted octanol–water partition coefficient (Wildman–Crippen LogP) is 3.33. The molecule has 2 aromatic rings. The highest BCUT2D eigenvalue weighted by atomic mass is 16.5. The molecule has 2 heterocycles. The molecule has 1 N–H and O–H groups in total. The van der Waals surface area contributed by atoms with Crippen molar-refractivity contribution in [3.63, 3.8) is 0 Å². The summed E-state index contributed by atoms with van der Waals surface area (Å²) in [4.78, 5) is 1.58. The van der Waals surface area contributed by atoms with Crippen molar-refractivity contribution in [1.82, 2.24) is 0 Å². The molecule has 0 unspecified atom stereocenters. The van der Waals surface area contributed by atoms with Crippen molar-refractivity contribution < 1.29 is 23.8 Å². The third-order valence-corrected chi connectivity index (χ3v) is 5.74. The Hall–Kier alpha value is -2.40. The van der Waals surface area contributed by atoms with Crippen LogP contribution in [0.4, 0.5) is 0 Å². The van der Waals surface area contributed by atoms with Crippen LogP contribution in [0.15, 0.2) is 24.3 Å². The van der Waals surface area contributed by atoms with Gasteiger partial charge in [0, 0.05) is 11.1 Å². The maximum atomic E-state index is 5.92. The molecule has 0 radical (unpaired) electrons. The molecule has 5 nitrogen and oxygen atoms in total. The van der Waals surface area contributed by atoms with Crippen LogP contribution in [0.1, 0.15) is 55.9 Å². The molecule has 156 valence electrons. The van der Waals surface area contributed by atoms with E-state index >= 15 is 0 Å². The standard InChI is InChI=1S/C24H31NO4/c1-5-26-21-9-16-13-25-14-17-10-22(27-6-2)24(29-8-4)12-19(17)20(15-25)18(16)11-23(21)28-7-3/h9-12,20H,5-8,13-15H2,1-4H3/p+1. The molecule has 5 heteroatoms. The number of benzene rings is 2. The van der Waals surface area contributed by atoms with Crippen LogP contribution in [0.25, 0.3) is 0 Å². The maximum absolute atomic E-state index is 5.92. The van der Waals surface area contributed by atoms with Crippen LogP contribution in [0.5, 0.6) is 23.0 Å². The lowest BCUT2D eigenvalue weighted by molar-refractivity contribution is -0.933. The van der Waals surface area contributed by atoms with E-state index in [1.165, 1.54) is 22.3 Å². The Morgan fingerprint density at radius 2 is 1.03 bits per heavy atom. The normalized spacial score (nSPS) is 19.2. The van der Waals surface area contributed by atoms with Crippen LogP contribution in [0, 0.1) is 0 Å². The van der Waals surface area contributed by atoms with E-state index < -0.39 is 0 Å². The summed E-state index contributed by atoms with van der Waals surface area (Å²) in [6, 6.07) is 8.80. The van der Waals surface area contributed by atoms with E-state index in [2.05, 4.69) is 24.3 Å². The fourth-order valence-electron chi connectivity index (χ4n) is 4.69. The van der Waals surface area contributed by atoms with Gasteiger partial charge in [-0.05, 0) is 63.1 Å². The number of hydrogen-bond acceptors (Lipinski definition) is 4. The van der Waals surface area contributed by atoms with Crippen LogP contribution >= 0.6 is 0 Å². The molecule has 0 aliphatic carbocycles. The van der Waals surface area contributed by atoms with E-state index in [1.54, 1.807) is 4.90 Å². The first kappa shape index (κ1) is 19.9. The summed E-state index contributed by atoms with van der Waals surface area (Å²) >= 11 is 0. The predicted molar refractivity (Wildman–Crippen MR) is 113 cm³/mol. The molecule has 0 saturated carbocycles. The number of quaternary nitrogens is 1. The molecule has 2 aromatic carbocycles. The number of rotatable bonds is 8. The van der Waals surface area contributed by atoms with Gasteiger partial charge in [0.25, 0.3) is 0 Å². The van der Waals surface area contributed by atoms with Crippen LogP contribution < -0.4 is 23.8 Å². The fraction of sp³-hybridized carbons (Fsp3) is 0.500. The van der Waals surface area contributed by atoms with E-state index in [9.17, 15) is 0 Å². The molecular formula is C24H32NO4+. The Kier molecular flexibility index (Phi) is 5.86. The zero-order valence-corrected chi connectivity index (χ0v) is 18.0. The van der Waals surface area contributed by atoms with Gasteiger partial charge in [-0.25, -0.2) is 0 Å². The van der Waals surface area contributed by atoms with Gasteiger partial charge in [-0.2, -0.15) is 0 Å². The van der Waals surface area contributed by atoms with Gasteiger partial charge in [0.05, 0.1) is 38.9 Å². The largest absolute Gasteiger partial charge is 0.490 e. The minimum Gasteiger partial charge on any atom is -0.490 e. The lowest BCUT2D eigenvalue weighted by Crippen LogP contribution is -3.11. The van der Waals surface area contributed by atoms with Gasteiger partial charge < -0.3 is 23.8 Å². The van der Waals surface area contributed by atoms with Gasteiger partial charge in [-0.15, -0.1) is 0 Å². The van der Waals surface area contributed by atoms with Crippen molar-refractivity contribution in [3.8, 4) is 23.0 Å². The molecule has 2 bridgehead atoms. The van der Waals surface area contributed by atoms with Crippen molar-refractivity contribution in [2.75, 3.05) is 33.0 Å². The molecule has 0 amide bonds. The van der Waals surface area contributed by atoms with Gasteiger partial charge in [-0.1, -0.05) is 0 Å². The highest BCUT2D eigenvalue weighted by Gasteiger charge is 2.37. The third-order valence-electron chi connectivity index (χ3n) is 5.74. The summed E-state index contributed by atoms with van der Waals surface area (Å²) in [5.74, 6) is 3.74. The Morgan fingerprint density at radius 3 is 1.41 bits per heavy atom. The van der Waals surface area contributed by atoms with E-state index in [0.717, 1.165) is 42.6 Å². The SMILES string of the molecule is CCOc1cc2c(cc1OCC)C1C[NH+](C2)Cc2cc(OCC)c(OCC)cc21. The topological polar surface area (TPSA) is 41.4 Å². The van der Waals surface area contributed by atoms with Crippen molar-refractivity contribution >= 4 is 0 Å². The molecule has 4 rings (SSSR count). The molecule has 0 saturated heterocycles. The molecule has 29 heavy (non-hydrogen) atoms. The molecule has 0 fully saturated rings. The monoisotopic (exact) mass is 398 g/mol. The highest BCUT2D eigenvalue weighted by molar-refractivity contribution is 5.56. The molecular weight excluding hydrogens is 366 g/mol. The number of ether oxygens (including phenoxy) is 4. The van der Waals surface area contributed by atoms with E-state index in [4.69, 9.17) is 18.9 Å². The van der Waals surface area contributed by atoms with Crippen LogP contribution in [-0.2, 0) is 13.1 Å². The zero-order chi connectivity index (χ0) is 20.4. The van der Waals surface area contributed by atoms with Crippen LogP contribution in [0.2, 0.25) is 0 Å². The molecule has 0 aromatic heterocycles. The summed E-state index contributed by atoms with van der Waals surface area (Å²) in [6.07, 6.45) is 0. The summed E-state index contributed by atoms with van der Waals surface area (Å²) in [5, 5.41) is 0. The van der Waals surface area contributed by atoms with Gasteiger partial charge >= 0.3 is 0 Å². The average Bonchev–Trinajstić information content (AvgIpc) is 2.70. The smallest absolute Gasteiger partial charge is 0.161 e. The molecule has 0 atom stereocenters. The van der Waals surface area contributed by atoms with Gasteiger partial charge in [0.2, 0.25) is 0 Å². The Balaban J connectivity index is 1.80. The van der Waals surface area contributed by atoms with Crippen molar-refractivity contribution in [1.29, 1.82) is 0 Å². The lowest BCUT2D eigenvalue weighted by Gasteiger charge is -2.38. The summed E-state index contributed by atoms with van der Waals surface area (Å²) in [5.41, 5.74) is 5.43. The maximum Gasteiger partial charge on any atom is 0.161 e. The first-order valence-corrected chi connectivity index (χ1v) is 10.9. The minimum absolute atomic E-state index is 0.335. The van der Waals surface area contributed by atoms with E-state index in [0.29, 0.717) is 32.3 Å². The number of hydrogen-bond donors (Lipinski definition) is 1. The summed E-state index contributed by atoms with van der Waals surface area (Å²) in [7, 11) is 0. The summed E-state index contributed by atoms with van der Waals surface area (Å²) < 4.78 is 23.6. The second kappa shape index (κ2) is 8.54. The minimum atomic E-state index is 0.335. The molecule has 2 aliphatic rings. The van der Waals surface area contributed by atoms with Crippen LogP contribution in [0.3, 0.4) is 0 Å². The lowest BCUT2D eigenvalue weighted by atomic mass is 9.79. The second-order valence-electron chi connectivity index (χ2n) is 7.59. The Morgan fingerprint density at radius 1 is 0.655 bits per heavy atom. The first-order chi connectivity index (χ1) is 14.2. The average molecular weight is 399 g/mol. The van der Waals surface area contributed by atoms with Gasteiger partial charge in [0.1, 0.15) is 13.1 Å². The Labute approximate surface area is 173 Å². The number of fused-ring (bicyclic) bond motifs is 6. The van der Waals surface area contributed by atoms with E-state index in [-0.39, 0.29) is 0 Å². The molecule has 2 aliphatic heterocycles. The third kappa shape index (κ3) is 3.76. The quantitative estimate of drug-likeness (QED) is 0.741. The van der Waals surface area contributed by atoms with Crippen LogP contribution in [-0.4, -0.2) is 33.0 Å². The van der Waals surface area contributed by atoms with Crippen molar-refractivity contribution in [2.45, 2.75) is 46.7 Å². The number of nitrogens with one attached hydrogen (secondary N) is 1. The first-order valence-electron chi connectivity index (χ1n) is 10.9. The van der Waals surface area contributed by atoms with Gasteiger partial charge in [0.15, 0.2) is 23.0 Å². The fourth-order valence-corrected chi connectivity index (χ4v) is 4.69. The molecule has 0 spiro atoms. The van der Waals surface area contributed by atoms with Crippen molar-refractivity contribution in [3.05, 3.63) is 46.5 Å². The Bertz CT molecular complexity index is 810. The summed E-state index contributed by atoms with van der Waals surface area (Å²) in [6.45, 7) is 13.7. The van der Waals surface area contributed by atoms with E-state index in [1.807, 2.05) is 27.7 Å². The van der Waals surface area contributed by atoms with Crippen molar-refractivity contribution in [2.24, 2.45) is 0 Å². The second-order valence-corrected chi connectivity index (χ2v) is 7.59.